The molecular formula is C16H10N2S. The fourth-order valence-corrected chi connectivity index (χ4v) is 2.73. The van der Waals surface area contributed by atoms with E-state index in [1.165, 1.54) is 11.8 Å². The lowest BCUT2D eigenvalue weighted by atomic mass is 10.2. The Balaban J connectivity index is 2.10. The monoisotopic (exact) mass is 262 g/mol. The van der Waals surface area contributed by atoms with E-state index in [1.54, 1.807) is 0 Å². The summed E-state index contributed by atoms with van der Waals surface area (Å²) >= 11 is 1.52. The lowest BCUT2D eigenvalue weighted by molar-refractivity contribution is 1.16. The van der Waals surface area contributed by atoms with Gasteiger partial charge in [0.2, 0.25) is 0 Å². The third-order valence-corrected chi connectivity index (χ3v) is 3.78. The van der Waals surface area contributed by atoms with Crippen molar-refractivity contribution >= 4 is 22.7 Å². The molecule has 0 bridgehead atoms. The second-order valence-corrected chi connectivity index (χ2v) is 5.12. The van der Waals surface area contributed by atoms with Crippen LogP contribution in [0.15, 0.2) is 70.6 Å². The summed E-state index contributed by atoms with van der Waals surface area (Å²) in [4.78, 5) is 5.67. The van der Waals surface area contributed by atoms with Crippen LogP contribution >= 0.6 is 11.8 Å². The van der Waals surface area contributed by atoms with E-state index in [1.807, 2.05) is 60.7 Å². The molecule has 19 heavy (non-hydrogen) atoms. The first-order chi connectivity index (χ1) is 9.36. The molecule has 0 spiro atoms. The van der Waals surface area contributed by atoms with Gasteiger partial charge >= 0.3 is 0 Å². The van der Waals surface area contributed by atoms with E-state index >= 15 is 0 Å². The quantitative estimate of drug-likeness (QED) is 0.692. The molecule has 3 aromatic rings. The van der Waals surface area contributed by atoms with Gasteiger partial charge in [-0.3, -0.25) is 0 Å². The van der Waals surface area contributed by atoms with Crippen LogP contribution in [0.5, 0.6) is 0 Å². The van der Waals surface area contributed by atoms with Gasteiger partial charge in [-0.1, -0.05) is 48.2 Å². The Morgan fingerprint density at radius 1 is 0.947 bits per heavy atom. The van der Waals surface area contributed by atoms with E-state index in [0.717, 1.165) is 20.8 Å². The highest BCUT2D eigenvalue weighted by molar-refractivity contribution is 7.99. The minimum absolute atomic E-state index is 0.618. The molecule has 0 saturated heterocycles. The number of nitriles is 1. The first-order valence-electron chi connectivity index (χ1n) is 5.89. The van der Waals surface area contributed by atoms with Crippen molar-refractivity contribution in [2.45, 2.75) is 9.92 Å². The molecule has 3 heteroatoms. The number of para-hydroxylation sites is 1. The molecule has 0 aliphatic carbocycles. The SMILES string of the molecule is N#Cc1cc2ccccc2nc1Sc1ccccc1. The summed E-state index contributed by atoms with van der Waals surface area (Å²) in [6.45, 7) is 0. The molecule has 0 N–H and O–H groups in total. The summed E-state index contributed by atoms with van der Waals surface area (Å²) in [5.74, 6) is 0. The van der Waals surface area contributed by atoms with Crippen molar-refractivity contribution in [3.05, 3.63) is 66.2 Å². The summed E-state index contributed by atoms with van der Waals surface area (Å²) < 4.78 is 0. The smallest absolute Gasteiger partial charge is 0.119 e. The maximum absolute atomic E-state index is 9.25. The van der Waals surface area contributed by atoms with Gasteiger partial charge in [-0.15, -0.1) is 0 Å². The molecule has 0 fully saturated rings. The van der Waals surface area contributed by atoms with Crippen LogP contribution in [0.4, 0.5) is 0 Å². The Morgan fingerprint density at radius 2 is 1.68 bits per heavy atom. The number of rotatable bonds is 2. The first-order valence-corrected chi connectivity index (χ1v) is 6.71. The number of nitrogens with zero attached hydrogens (tertiary/aromatic N) is 2. The van der Waals surface area contributed by atoms with E-state index in [2.05, 4.69) is 11.1 Å². The highest BCUT2D eigenvalue weighted by Gasteiger charge is 2.08. The number of hydrogen-bond acceptors (Lipinski definition) is 3. The zero-order valence-electron chi connectivity index (χ0n) is 10.1. The van der Waals surface area contributed by atoms with Gasteiger partial charge in [0, 0.05) is 10.3 Å². The predicted molar refractivity (Wildman–Crippen MR) is 77.0 cm³/mol. The average Bonchev–Trinajstić information content (AvgIpc) is 2.47. The second kappa shape index (κ2) is 5.13. The Morgan fingerprint density at radius 3 is 2.47 bits per heavy atom. The third kappa shape index (κ3) is 2.44. The predicted octanol–water partition coefficient (Wildman–Crippen LogP) is 4.26. The van der Waals surface area contributed by atoms with Crippen molar-refractivity contribution in [1.29, 1.82) is 5.26 Å². The zero-order valence-corrected chi connectivity index (χ0v) is 10.9. The number of hydrogen-bond donors (Lipinski definition) is 0. The maximum atomic E-state index is 9.25. The normalized spacial score (nSPS) is 10.3. The number of pyridine rings is 1. The summed E-state index contributed by atoms with van der Waals surface area (Å²) in [5, 5.41) is 11.0. The standard InChI is InChI=1S/C16H10N2S/c17-11-13-10-12-6-4-5-9-15(12)18-16(13)19-14-7-2-1-3-8-14/h1-10H. The molecule has 2 aromatic carbocycles. The van der Waals surface area contributed by atoms with Crippen LogP contribution in [0.25, 0.3) is 10.9 Å². The lowest BCUT2D eigenvalue weighted by Crippen LogP contribution is -1.88. The van der Waals surface area contributed by atoms with E-state index in [-0.39, 0.29) is 0 Å². The molecule has 0 aliphatic rings. The number of aromatic nitrogens is 1. The summed E-state index contributed by atoms with van der Waals surface area (Å²) in [5.41, 5.74) is 1.53. The minimum atomic E-state index is 0.618. The van der Waals surface area contributed by atoms with Crippen LogP contribution in [0.1, 0.15) is 5.56 Å². The molecule has 3 rings (SSSR count). The Labute approximate surface area is 115 Å². The molecule has 0 radical (unpaired) electrons. The van der Waals surface area contributed by atoms with Gasteiger partial charge in [-0.05, 0) is 24.3 Å². The fourth-order valence-electron chi connectivity index (χ4n) is 1.86. The van der Waals surface area contributed by atoms with E-state index in [0.29, 0.717) is 5.56 Å². The van der Waals surface area contributed by atoms with Gasteiger partial charge in [-0.25, -0.2) is 4.98 Å². The van der Waals surface area contributed by atoms with Crippen LogP contribution in [0.2, 0.25) is 0 Å². The van der Waals surface area contributed by atoms with Gasteiger partial charge < -0.3 is 0 Å². The molecular weight excluding hydrogens is 252 g/mol. The highest BCUT2D eigenvalue weighted by atomic mass is 32.2. The van der Waals surface area contributed by atoms with Gasteiger partial charge in [0.15, 0.2) is 0 Å². The summed E-state index contributed by atoms with van der Waals surface area (Å²) in [7, 11) is 0. The zero-order chi connectivity index (χ0) is 13.1. The molecule has 0 saturated carbocycles. The van der Waals surface area contributed by atoms with Crippen LogP contribution in [-0.4, -0.2) is 4.98 Å². The van der Waals surface area contributed by atoms with Crippen molar-refractivity contribution in [1.82, 2.24) is 4.98 Å². The molecule has 0 atom stereocenters. The molecule has 0 amide bonds. The molecule has 2 nitrogen and oxygen atoms in total. The second-order valence-electron chi connectivity index (χ2n) is 4.06. The van der Waals surface area contributed by atoms with Gasteiger partial charge in [-0.2, -0.15) is 5.26 Å². The van der Waals surface area contributed by atoms with Crippen LogP contribution in [0, 0.1) is 11.3 Å². The van der Waals surface area contributed by atoms with E-state index < -0.39 is 0 Å². The molecule has 0 aliphatic heterocycles. The summed E-state index contributed by atoms with van der Waals surface area (Å²) in [6.07, 6.45) is 0. The molecule has 90 valence electrons. The lowest BCUT2D eigenvalue weighted by Gasteiger charge is -2.05. The molecule has 1 aromatic heterocycles. The maximum Gasteiger partial charge on any atom is 0.119 e. The minimum Gasteiger partial charge on any atom is -0.240 e. The van der Waals surface area contributed by atoms with Crippen LogP contribution < -0.4 is 0 Å². The number of fused-ring (bicyclic) bond motifs is 1. The highest BCUT2D eigenvalue weighted by Crippen LogP contribution is 2.30. The van der Waals surface area contributed by atoms with Gasteiger partial charge in [0.25, 0.3) is 0 Å². The Bertz CT molecular complexity index is 761. The topological polar surface area (TPSA) is 36.7 Å². The largest absolute Gasteiger partial charge is 0.240 e. The van der Waals surface area contributed by atoms with Crippen molar-refractivity contribution in [2.24, 2.45) is 0 Å². The number of benzene rings is 2. The van der Waals surface area contributed by atoms with Crippen molar-refractivity contribution in [3.63, 3.8) is 0 Å². The van der Waals surface area contributed by atoms with Crippen molar-refractivity contribution in [2.75, 3.05) is 0 Å². The van der Waals surface area contributed by atoms with Crippen molar-refractivity contribution in [3.8, 4) is 6.07 Å². The molecule has 1 heterocycles. The van der Waals surface area contributed by atoms with Gasteiger partial charge in [0.1, 0.15) is 11.1 Å². The van der Waals surface area contributed by atoms with Crippen LogP contribution in [0.3, 0.4) is 0 Å². The van der Waals surface area contributed by atoms with E-state index in [9.17, 15) is 5.26 Å². The third-order valence-electron chi connectivity index (χ3n) is 2.77. The average molecular weight is 262 g/mol. The Kier molecular flexibility index (Phi) is 3.18. The van der Waals surface area contributed by atoms with E-state index in [4.69, 9.17) is 0 Å². The van der Waals surface area contributed by atoms with Gasteiger partial charge in [0.05, 0.1) is 11.1 Å². The first kappa shape index (κ1) is 11.8. The molecule has 0 unspecified atom stereocenters. The summed E-state index contributed by atoms with van der Waals surface area (Å²) in [6, 6.07) is 21.9. The van der Waals surface area contributed by atoms with Crippen molar-refractivity contribution < 1.29 is 0 Å². The Hall–Kier alpha value is -2.31. The van der Waals surface area contributed by atoms with Crippen LogP contribution in [-0.2, 0) is 0 Å². The fraction of sp³-hybridized carbons (Fsp3) is 0.